The van der Waals surface area contributed by atoms with Gasteiger partial charge in [-0.3, -0.25) is 4.79 Å². The van der Waals surface area contributed by atoms with Gasteiger partial charge in [0.25, 0.3) is 0 Å². The molecule has 2 aromatic rings. The van der Waals surface area contributed by atoms with Crippen molar-refractivity contribution in [3.8, 4) is 0 Å². The van der Waals surface area contributed by atoms with Gasteiger partial charge in [-0.15, -0.1) is 0 Å². The summed E-state index contributed by atoms with van der Waals surface area (Å²) in [5, 5.41) is 3.46. The molecule has 1 aromatic heterocycles. The van der Waals surface area contributed by atoms with Gasteiger partial charge in [0.2, 0.25) is 11.9 Å². The summed E-state index contributed by atoms with van der Waals surface area (Å²) in [6, 6.07) is 7.37. The summed E-state index contributed by atoms with van der Waals surface area (Å²) in [6.07, 6.45) is 8.39. The molecule has 7 heteroatoms. The van der Waals surface area contributed by atoms with Crippen LogP contribution in [0.2, 0.25) is 5.02 Å². The Hall–Kier alpha value is -2.60. The molecule has 1 aromatic carbocycles. The summed E-state index contributed by atoms with van der Waals surface area (Å²) in [4.78, 5) is 25.5. The van der Waals surface area contributed by atoms with E-state index in [1.54, 1.807) is 18.3 Å². The third kappa shape index (κ3) is 4.98. The summed E-state index contributed by atoms with van der Waals surface area (Å²) < 4.78 is 0. The monoisotopic (exact) mass is 385 g/mol. The van der Waals surface area contributed by atoms with Crippen molar-refractivity contribution in [1.29, 1.82) is 0 Å². The summed E-state index contributed by atoms with van der Waals surface area (Å²) in [5.74, 6) is 1.14. The van der Waals surface area contributed by atoms with Gasteiger partial charge in [-0.05, 0) is 37.0 Å². The molecule has 27 heavy (non-hydrogen) atoms. The van der Waals surface area contributed by atoms with Crippen molar-refractivity contribution in [2.45, 2.75) is 19.3 Å². The first-order chi connectivity index (χ1) is 13.0. The fourth-order valence-corrected chi connectivity index (χ4v) is 3.19. The second kappa shape index (κ2) is 8.86. The number of carbonyl (C=O) groups is 1. The van der Waals surface area contributed by atoms with Gasteiger partial charge in [-0.2, -0.15) is 4.98 Å². The number of piperidine rings is 1. The molecule has 0 bridgehead atoms. The van der Waals surface area contributed by atoms with E-state index >= 15 is 0 Å². The molecule has 6 nitrogen and oxygen atoms in total. The van der Waals surface area contributed by atoms with Crippen LogP contribution in [0, 0.1) is 0 Å². The Labute approximate surface area is 164 Å². The number of carbonyl (C=O) groups excluding carboxylic acids is 1. The molecular formula is C20H24ClN5O. The molecule has 0 aliphatic carbocycles. The number of amides is 1. The van der Waals surface area contributed by atoms with Gasteiger partial charge in [-0.25, -0.2) is 4.98 Å². The van der Waals surface area contributed by atoms with E-state index in [1.807, 2.05) is 37.2 Å². The molecule has 0 unspecified atom stereocenters. The number of rotatable bonds is 5. The average molecular weight is 386 g/mol. The Kier molecular flexibility index (Phi) is 6.29. The van der Waals surface area contributed by atoms with Gasteiger partial charge in [0, 0.05) is 38.3 Å². The maximum absolute atomic E-state index is 12.3. The van der Waals surface area contributed by atoms with Crippen LogP contribution in [0.25, 0.3) is 6.08 Å². The number of anilines is 3. The number of nitrogens with zero attached hydrogens (tertiary/aromatic N) is 4. The van der Waals surface area contributed by atoms with Crippen LogP contribution < -0.4 is 15.1 Å². The maximum Gasteiger partial charge on any atom is 0.248 e. The molecular weight excluding hydrogens is 362 g/mol. The number of hydrogen-bond donors (Lipinski definition) is 1. The predicted molar refractivity (Wildman–Crippen MR) is 112 cm³/mol. The molecule has 1 fully saturated rings. The van der Waals surface area contributed by atoms with E-state index in [-0.39, 0.29) is 5.91 Å². The van der Waals surface area contributed by atoms with Gasteiger partial charge >= 0.3 is 0 Å². The smallest absolute Gasteiger partial charge is 0.248 e. The Morgan fingerprint density at radius 1 is 1.22 bits per heavy atom. The highest BCUT2D eigenvalue weighted by atomic mass is 35.5. The molecule has 0 atom stereocenters. The van der Waals surface area contributed by atoms with Crippen LogP contribution in [0.15, 0.2) is 36.5 Å². The molecule has 1 saturated heterocycles. The van der Waals surface area contributed by atoms with Crippen LogP contribution in [-0.2, 0) is 4.79 Å². The molecule has 0 spiro atoms. The topological polar surface area (TPSA) is 61.4 Å². The first kappa shape index (κ1) is 19.2. The lowest BCUT2D eigenvalue weighted by Gasteiger charge is -2.27. The van der Waals surface area contributed by atoms with E-state index in [1.165, 1.54) is 12.5 Å². The zero-order chi connectivity index (χ0) is 19.2. The van der Waals surface area contributed by atoms with Gasteiger partial charge < -0.3 is 15.1 Å². The first-order valence-electron chi connectivity index (χ1n) is 9.07. The van der Waals surface area contributed by atoms with Crippen LogP contribution in [0.3, 0.4) is 0 Å². The quantitative estimate of drug-likeness (QED) is 0.792. The zero-order valence-corrected chi connectivity index (χ0v) is 16.4. The third-order valence-corrected chi connectivity index (χ3v) is 4.74. The Morgan fingerprint density at radius 2 is 1.96 bits per heavy atom. The minimum absolute atomic E-state index is 0.257. The molecule has 1 aliphatic rings. The first-order valence-corrected chi connectivity index (χ1v) is 9.45. The Morgan fingerprint density at radius 3 is 2.67 bits per heavy atom. The lowest BCUT2D eigenvalue weighted by atomic mass is 10.1. The standard InChI is InChI=1S/C20H24ClN5O/c1-25(2)19-17(14-22-20(24-19)26-12-6-3-7-13-26)23-18(27)11-10-15-8-4-5-9-16(15)21/h4-5,8-11,14H,3,6-7,12-13H2,1-2H3,(H,23,27)/b11-10+. The molecule has 1 N–H and O–H groups in total. The van der Waals surface area contributed by atoms with Gasteiger partial charge in [0.1, 0.15) is 5.69 Å². The average Bonchev–Trinajstić information content (AvgIpc) is 2.68. The molecule has 0 saturated carbocycles. The second-order valence-corrected chi connectivity index (χ2v) is 7.10. The van der Waals surface area contributed by atoms with Gasteiger partial charge in [0.05, 0.1) is 6.20 Å². The molecule has 1 aliphatic heterocycles. The highest BCUT2D eigenvalue weighted by Crippen LogP contribution is 2.25. The highest BCUT2D eigenvalue weighted by Gasteiger charge is 2.17. The third-order valence-electron chi connectivity index (χ3n) is 4.40. The van der Waals surface area contributed by atoms with Crippen molar-refractivity contribution >= 4 is 41.0 Å². The number of halogens is 1. The largest absolute Gasteiger partial charge is 0.361 e. The Bertz CT molecular complexity index is 831. The van der Waals surface area contributed by atoms with Gasteiger partial charge in [-0.1, -0.05) is 29.8 Å². The fraction of sp³-hybridized carbons (Fsp3) is 0.350. The molecule has 0 radical (unpaired) electrons. The minimum atomic E-state index is -0.257. The van der Waals surface area contributed by atoms with Crippen molar-refractivity contribution < 1.29 is 4.79 Å². The number of hydrogen-bond acceptors (Lipinski definition) is 5. The van der Waals surface area contributed by atoms with Crippen molar-refractivity contribution in [2.24, 2.45) is 0 Å². The fourth-order valence-electron chi connectivity index (χ4n) is 2.99. The molecule has 142 valence electrons. The lowest BCUT2D eigenvalue weighted by Crippen LogP contribution is -2.31. The summed E-state index contributed by atoms with van der Waals surface area (Å²) in [5.41, 5.74) is 1.37. The minimum Gasteiger partial charge on any atom is -0.361 e. The van der Waals surface area contributed by atoms with Crippen molar-refractivity contribution in [2.75, 3.05) is 42.3 Å². The van der Waals surface area contributed by atoms with E-state index < -0.39 is 0 Å². The zero-order valence-electron chi connectivity index (χ0n) is 15.7. The van der Waals surface area contributed by atoms with Crippen molar-refractivity contribution in [3.63, 3.8) is 0 Å². The summed E-state index contributed by atoms with van der Waals surface area (Å²) >= 11 is 6.11. The van der Waals surface area contributed by atoms with E-state index in [9.17, 15) is 4.79 Å². The number of aromatic nitrogens is 2. The van der Waals surface area contributed by atoms with Crippen LogP contribution in [0.4, 0.5) is 17.5 Å². The maximum atomic E-state index is 12.3. The summed E-state index contributed by atoms with van der Waals surface area (Å²) in [7, 11) is 3.80. The normalized spacial score (nSPS) is 14.4. The van der Waals surface area contributed by atoms with E-state index in [0.717, 1.165) is 31.5 Å². The molecule has 1 amide bonds. The lowest BCUT2D eigenvalue weighted by molar-refractivity contribution is -0.111. The van der Waals surface area contributed by atoms with Crippen LogP contribution >= 0.6 is 11.6 Å². The Balaban J connectivity index is 1.75. The predicted octanol–water partition coefficient (Wildman–Crippen LogP) is 3.84. The van der Waals surface area contributed by atoms with Crippen LogP contribution in [0.5, 0.6) is 0 Å². The van der Waals surface area contributed by atoms with E-state index in [2.05, 4.69) is 20.2 Å². The van der Waals surface area contributed by atoms with Crippen LogP contribution in [-0.4, -0.2) is 43.1 Å². The molecule has 3 rings (SSSR count). The van der Waals surface area contributed by atoms with Crippen molar-refractivity contribution in [3.05, 3.63) is 47.1 Å². The van der Waals surface area contributed by atoms with E-state index in [4.69, 9.17) is 11.6 Å². The van der Waals surface area contributed by atoms with Gasteiger partial charge in [0.15, 0.2) is 5.82 Å². The number of nitrogens with one attached hydrogen (secondary N) is 1. The summed E-state index contributed by atoms with van der Waals surface area (Å²) in [6.45, 7) is 1.94. The van der Waals surface area contributed by atoms with Crippen LogP contribution in [0.1, 0.15) is 24.8 Å². The van der Waals surface area contributed by atoms with E-state index in [0.29, 0.717) is 22.5 Å². The second-order valence-electron chi connectivity index (χ2n) is 6.69. The van der Waals surface area contributed by atoms with Crippen molar-refractivity contribution in [1.82, 2.24) is 9.97 Å². The highest BCUT2D eigenvalue weighted by molar-refractivity contribution is 6.32. The number of benzene rings is 1. The molecule has 2 heterocycles. The SMILES string of the molecule is CN(C)c1nc(N2CCCCC2)ncc1NC(=O)/C=C/c1ccccc1Cl.